The first-order valence-corrected chi connectivity index (χ1v) is 9.57. The van der Waals surface area contributed by atoms with Gasteiger partial charge < -0.3 is 5.32 Å². The summed E-state index contributed by atoms with van der Waals surface area (Å²) >= 11 is 12.0. The predicted molar refractivity (Wildman–Crippen MR) is 102 cm³/mol. The van der Waals surface area contributed by atoms with E-state index in [4.69, 9.17) is 23.2 Å². The van der Waals surface area contributed by atoms with Crippen LogP contribution in [0.2, 0.25) is 10.2 Å². The van der Waals surface area contributed by atoms with Gasteiger partial charge in [-0.25, -0.2) is 9.50 Å². The standard InChI is InChI=1S/C17H15Cl2F5N6O/c1-8-6-11(16(20,21)17(22,23)24)30-12(26-8)7-10(28-30)15(31)25-4-3-5-29-14(19)13(18)9(2)27-29/h6-7H,3-5H2,1-2H3,(H,25,31). The van der Waals surface area contributed by atoms with E-state index in [-0.39, 0.29) is 28.7 Å². The third kappa shape index (κ3) is 4.45. The van der Waals surface area contributed by atoms with Gasteiger partial charge in [0.1, 0.15) is 15.9 Å². The minimum absolute atomic E-state index is 0.0802. The molecule has 3 heterocycles. The molecule has 0 unspecified atom stereocenters. The fourth-order valence-corrected chi connectivity index (χ4v) is 3.18. The molecule has 3 aromatic heterocycles. The normalized spacial score (nSPS) is 12.5. The summed E-state index contributed by atoms with van der Waals surface area (Å²) in [5.41, 5.74) is -1.62. The molecule has 0 saturated heterocycles. The molecule has 0 aliphatic rings. The van der Waals surface area contributed by atoms with Crippen LogP contribution < -0.4 is 5.32 Å². The minimum atomic E-state index is -5.84. The van der Waals surface area contributed by atoms with Crippen molar-refractivity contribution in [2.45, 2.75) is 38.9 Å². The molecule has 0 aliphatic heterocycles. The molecule has 0 atom stereocenters. The van der Waals surface area contributed by atoms with Crippen molar-refractivity contribution < 1.29 is 26.7 Å². The molecular weight excluding hydrogens is 470 g/mol. The monoisotopic (exact) mass is 484 g/mol. The number of nitrogens with zero attached hydrogens (tertiary/aromatic N) is 5. The van der Waals surface area contributed by atoms with Gasteiger partial charge in [-0.15, -0.1) is 0 Å². The van der Waals surface area contributed by atoms with Crippen LogP contribution in [-0.2, 0) is 12.5 Å². The number of carbonyl (C=O) groups excluding carboxylic acids is 1. The summed E-state index contributed by atoms with van der Waals surface area (Å²) in [6.45, 7) is 3.41. The highest BCUT2D eigenvalue weighted by Crippen LogP contribution is 2.43. The Morgan fingerprint density at radius 3 is 2.39 bits per heavy atom. The van der Waals surface area contributed by atoms with E-state index in [2.05, 4.69) is 20.5 Å². The van der Waals surface area contributed by atoms with Gasteiger partial charge in [0.25, 0.3) is 5.91 Å². The number of fused-ring (bicyclic) bond motifs is 1. The van der Waals surface area contributed by atoms with Gasteiger partial charge in [-0.3, -0.25) is 9.48 Å². The Hall–Kier alpha value is -2.47. The lowest BCUT2D eigenvalue weighted by atomic mass is 10.2. The lowest BCUT2D eigenvalue weighted by Gasteiger charge is -2.20. The van der Waals surface area contributed by atoms with Crippen molar-refractivity contribution in [3.05, 3.63) is 45.1 Å². The van der Waals surface area contributed by atoms with E-state index in [9.17, 15) is 26.7 Å². The molecule has 1 N–H and O–H groups in total. The summed E-state index contributed by atoms with van der Waals surface area (Å²) < 4.78 is 68.1. The Morgan fingerprint density at radius 2 is 1.81 bits per heavy atom. The van der Waals surface area contributed by atoms with Gasteiger partial charge in [-0.2, -0.15) is 32.1 Å². The van der Waals surface area contributed by atoms with Crippen molar-refractivity contribution in [3.63, 3.8) is 0 Å². The maximum absolute atomic E-state index is 13.9. The Kier molecular flexibility index (Phi) is 6.16. The van der Waals surface area contributed by atoms with Crippen LogP contribution in [0.15, 0.2) is 12.1 Å². The average molecular weight is 485 g/mol. The maximum Gasteiger partial charge on any atom is 0.459 e. The van der Waals surface area contributed by atoms with E-state index >= 15 is 0 Å². The van der Waals surface area contributed by atoms with E-state index in [0.717, 1.165) is 6.07 Å². The highest BCUT2D eigenvalue weighted by atomic mass is 35.5. The van der Waals surface area contributed by atoms with Crippen molar-refractivity contribution in [1.82, 2.24) is 29.7 Å². The summed E-state index contributed by atoms with van der Waals surface area (Å²) in [5.74, 6) is -5.94. The molecule has 0 fully saturated rings. The van der Waals surface area contributed by atoms with Gasteiger partial charge in [-0.1, -0.05) is 23.2 Å². The number of rotatable bonds is 6. The van der Waals surface area contributed by atoms with E-state index in [1.54, 1.807) is 6.92 Å². The van der Waals surface area contributed by atoms with E-state index in [1.807, 2.05) is 0 Å². The highest BCUT2D eigenvalue weighted by Gasteiger charge is 2.60. The SMILES string of the molecule is Cc1cc(C(F)(F)C(F)(F)F)n2nc(C(=O)NCCCn3nc(C)c(Cl)c3Cl)cc2n1. The average Bonchev–Trinajstić information content (AvgIpc) is 3.20. The zero-order valence-corrected chi connectivity index (χ0v) is 17.6. The Balaban J connectivity index is 1.75. The maximum atomic E-state index is 13.9. The molecule has 0 aromatic carbocycles. The minimum Gasteiger partial charge on any atom is -0.351 e. The van der Waals surface area contributed by atoms with Gasteiger partial charge in [0.05, 0.1) is 5.69 Å². The van der Waals surface area contributed by atoms with Crippen LogP contribution in [0.5, 0.6) is 0 Å². The third-order valence-electron chi connectivity index (χ3n) is 4.29. The van der Waals surface area contributed by atoms with Crippen molar-refractivity contribution in [1.29, 1.82) is 0 Å². The smallest absolute Gasteiger partial charge is 0.351 e. The summed E-state index contributed by atoms with van der Waals surface area (Å²) in [6, 6.07) is 1.61. The fourth-order valence-electron chi connectivity index (χ4n) is 2.78. The van der Waals surface area contributed by atoms with Crippen LogP contribution in [0, 0.1) is 13.8 Å². The molecule has 0 saturated carbocycles. The quantitative estimate of drug-likeness (QED) is 0.417. The topological polar surface area (TPSA) is 77.1 Å². The number of alkyl halides is 5. The second kappa shape index (κ2) is 8.23. The summed E-state index contributed by atoms with van der Waals surface area (Å²) in [4.78, 5) is 16.2. The summed E-state index contributed by atoms with van der Waals surface area (Å²) in [6.07, 6.45) is -5.44. The zero-order valence-electron chi connectivity index (χ0n) is 16.1. The van der Waals surface area contributed by atoms with E-state index in [1.165, 1.54) is 11.6 Å². The van der Waals surface area contributed by atoms with Gasteiger partial charge in [0.15, 0.2) is 11.3 Å². The van der Waals surface area contributed by atoms with Gasteiger partial charge >= 0.3 is 12.1 Å². The van der Waals surface area contributed by atoms with Gasteiger partial charge in [0.2, 0.25) is 0 Å². The first-order valence-electron chi connectivity index (χ1n) is 8.82. The lowest BCUT2D eigenvalue weighted by molar-refractivity contribution is -0.291. The van der Waals surface area contributed by atoms with Crippen LogP contribution in [0.3, 0.4) is 0 Å². The highest BCUT2D eigenvalue weighted by molar-refractivity contribution is 6.41. The first kappa shape index (κ1) is 23.2. The summed E-state index contributed by atoms with van der Waals surface area (Å²) in [5, 5.41) is 10.8. The lowest BCUT2D eigenvalue weighted by Crippen LogP contribution is -2.36. The number of hydrogen-bond acceptors (Lipinski definition) is 4. The molecule has 31 heavy (non-hydrogen) atoms. The van der Waals surface area contributed by atoms with E-state index < -0.39 is 23.7 Å². The molecule has 0 bridgehead atoms. The van der Waals surface area contributed by atoms with Crippen molar-refractivity contribution in [3.8, 4) is 0 Å². The number of aryl methyl sites for hydroxylation is 3. The number of amides is 1. The molecule has 3 aromatic rings. The Bertz CT molecular complexity index is 1140. The van der Waals surface area contributed by atoms with Crippen LogP contribution in [0.25, 0.3) is 5.65 Å². The third-order valence-corrected chi connectivity index (χ3v) is 5.23. The molecule has 14 heteroatoms. The molecule has 7 nitrogen and oxygen atoms in total. The molecule has 168 valence electrons. The van der Waals surface area contributed by atoms with Crippen molar-refractivity contribution in [2.75, 3.05) is 6.54 Å². The number of nitrogens with one attached hydrogen (secondary N) is 1. The number of halogens is 7. The molecule has 0 spiro atoms. The predicted octanol–water partition coefficient (Wildman–Crippen LogP) is 4.32. The van der Waals surface area contributed by atoms with Gasteiger partial charge in [-0.05, 0) is 26.3 Å². The number of carbonyl (C=O) groups is 1. The van der Waals surface area contributed by atoms with Crippen LogP contribution in [-0.4, -0.2) is 43.0 Å². The second-order valence-corrected chi connectivity index (χ2v) is 7.41. The number of aromatic nitrogens is 5. The largest absolute Gasteiger partial charge is 0.459 e. The van der Waals surface area contributed by atoms with Crippen LogP contribution in [0.4, 0.5) is 22.0 Å². The van der Waals surface area contributed by atoms with Crippen molar-refractivity contribution in [2.24, 2.45) is 0 Å². The molecule has 1 amide bonds. The molecular formula is C17H15Cl2F5N6O. The second-order valence-electron chi connectivity index (χ2n) is 6.68. The fraction of sp³-hybridized carbons (Fsp3) is 0.412. The first-order chi connectivity index (χ1) is 14.3. The van der Waals surface area contributed by atoms with Crippen molar-refractivity contribution >= 4 is 34.8 Å². The number of hydrogen-bond donors (Lipinski definition) is 1. The zero-order chi connectivity index (χ0) is 23.1. The van der Waals surface area contributed by atoms with E-state index in [0.29, 0.717) is 34.3 Å². The van der Waals surface area contributed by atoms with Crippen LogP contribution in [0.1, 0.15) is 34.0 Å². The van der Waals surface area contributed by atoms with Crippen LogP contribution >= 0.6 is 23.2 Å². The molecule has 0 aliphatic carbocycles. The molecule has 3 rings (SSSR count). The summed E-state index contributed by atoms with van der Waals surface area (Å²) in [7, 11) is 0. The Morgan fingerprint density at radius 1 is 1.13 bits per heavy atom. The van der Waals surface area contributed by atoms with Gasteiger partial charge in [0, 0.05) is 24.8 Å². The Labute approximate surface area is 182 Å². The molecule has 0 radical (unpaired) electrons.